The van der Waals surface area contributed by atoms with Crippen LogP contribution in [-0.4, -0.2) is 76.2 Å². The van der Waals surface area contributed by atoms with Gasteiger partial charge in [-0.15, -0.1) is 0 Å². The van der Waals surface area contributed by atoms with E-state index in [2.05, 4.69) is 46.7 Å². The molecule has 1 aromatic heterocycles. The van der Waals surface area contributed by atoms with Gasteiger partial charge in [-0.3, -0.25) is 14.4 Å². The molecule has 0 unspecified atom stereocenters. The maximum Gasteiger partial charge on any atom is 0.490 e. The lowest BCUT2D eigenvalue weighted by atomic mass is 9.70. The summed E-state index contributed by atoms with van der Waals surface area (Å²) >= 11 is 0. The zero-order chi connectivity index (χ0) is 27.0. The van der Waals surface area contributed by atoms with Gasteiger partial charge in [-0.25, -0.2) is 4.79 Å². The molecule has 1 N–H and O–H groups in total. The largest absolute Gasteiger partial charge is 0.490 e. The van der Waals surface area contributed by atoms with Crippen molar-refractivity contribution >= 4 is 11.9 Å². The number of alkyl halides is 3. The lowest BCUT2D eigenvalue weighted by molar-refractivity contribution is -0.192. The summed E-state index contributed by atoms with van der Waals surface area (Å²) in [6.45, 7) is 7.86. The van der Waals surface area contributed by atoms with Gasteiger partial charge in [0, 0.05) is 57.1 Å². The number of piperidine rings is 1. The van der Waals surface area contributed by atoms with Crippen LogP contribution in [0.15, 0.2) is 30.5 Å². The lowest BCUT2D eigenvalue weighted by Crippen LogP contribution is -2.50. The van der Waals surface area contributed by atoms with Crippen LogP contribution in [-0.2, 0) is 16.1 Å². The Morgan fingerprint density at radius 1 is 1.24 bits per heavy atom. The number of carboxylic acids is 1. The molecule has 2 atom stereocenters. The molecule has 4 heterocycles. The predicted molar refractivity (Wildman–Crippen MR) is 126 cm³/mol. The van der Waals surface area contributed by atoms with E-state index in [1.165, 1.54) is 11.3 Å². The number of rotatable bonds is 4. The van der Waals surface area contributed by atoms with Crippen molar-refractivity contribution in [3.05, 3.63) is 41.7 Å². The summed E-state index contributed by atoms with van der Waals surface area (Å²) in [7, 11) is 1.94. The van der Waals surface area contributed by atoms with Crippen LogP contribution in [0.5, 0.6) is 11.5 Å². The molecule has 1 amide bonds. The molecule has 0 aliphatic carbocycles. The summed E-state index contributed by atoms with van der Waals surface area (Å²) in [5, 5.41) is 11.7. The highest BCUT2D eigenvalue weighted by Gasteiger charge is 2.55. The fourth-order valence-electron chi connectivity index (χ4n) is 5.52. The molecule has 2 fully saturated rings. The van der Waals surface area contributed by atoms with Gasteiger partial charge in [-0.05, 0) is 50.5 Å². The molecular weight excluding hydrogens is 493 g/mol. The third-order valence-electron chi connectivity index (χ3n) is 7.14. The van der Waals surface area contributed by atoms with E-state index in [4.69, 9.17) is 19.4 Å². The highest BCUT2D eigenvalue weighted by Crippen LogP contribution is 2.50. The number of hydrogen-bond acceptors (Lipinski definition) is 6. The van der Waals surface area contributed by atoms with Crippen LogP contribution in [0.1, 0.15) is 49.9 Å². The van der Waals surface area contributed by atoms with Crippen LogP contribution in [0.25, 0.3) is 0 Å². The monoisotopic (exact) mass is 524 g/mol. The summed E-state index contributed by atoms with van der Waals surface area (Å²) in [6, 6.07) is 8.52. The standard InChI is InChI=1S/C23H30N4O3.C2HF3O2/c1-16(2)27-19(7-9-24-27)18-13-26(14-23(18)8-4-10-25(3)22(23)28)12-17-5-6-20-21(11-17)30-15-29-20;3-2(4,5)1(6)7/h5-7,9,11,16,18H,4,8,10,12-15H2,1-3H3;(H,6,7)/t18-,23+;/m0./s1. The van der Waals surface area contributed by atoms with Crippen molar-refractivity contribution in [3.63, 3.8) is 0 Å². The van der Waals surface area contributed by atoms with Gasteiger partial charge in [0.15, 0.2) is 11.5 Å². The van der Waals surface area contributed by atoms with Crippen molar-refractivity contribution in [2.75, 3.05) is 33.5 Å². The molecule has 12 heteroatoms. The average Bonchev–Trinajstić information content (AvgIpc) is 3.56. The normalized spacial score (nSPS) is 23.5. The minimum atomic E-state index is -5.08. The third-order valence-corrected chi connectivity index (χ3v) is 7.14. The predicted octanol–water partition coefficient (Wildman–Crippen LogP) is 3.66. The Hall–Kier alpha value is -3.28. The molecule has 37 heavy (non-hydrogen) atoms. The Labute approximate surface area is 212 Å². The molecule has 9 nitrogen and oxygen atoms in total. The molecule has 3 aliphatic heterocycles. The maximum atomic E-state index is 13.5. The molecule has 2 aromatic rings. The van der Waals surface area contributed by atoms with Crippen molar-refractivity contribution in [2.45, 2.75) is 51.4 Å². The number of hydrogen-bond donors (Lipinski definition) is 1. The number of aromatic nitrogens is 2. The minimum Gasteiger partial charge on any atom is -0.475 e. The van der Waals surface area contributed by atoms with Gasteiger partial charge < -0.3 is 19.5 Å². The highest BCUT2D eigenvalue weighted by molar-refractivity contribution is 5.85. The summed E-state index contributed by atoms with van der Waals surface area (Å²) in [6.07, 6.45) is -1.23. The van der Waals surface area contributed by atoms with Crippen molar-refractivity contribution in [2.24, 2.45) is 5.41 Å². The molecule has 5 rings (SSSR count). The van der Waals surface area contributed by atoms with Gasteiger partial charge in [0.1, 0.15) is 0 Å². The summed E-state index contributed by atoms with van der Waals surface area (Å²) < 4.78 is 44.8. The van der Waals surface area contributed by atoms with E-state index in [1.54, 1.807) is 0 Å². The second-order valence-electron chi connectivity index (χ2n) is 9.99. The Morgan fingerprint density at radius 2 is 1.95 bits per heavy atom. The van der Waals surface area contributed by atoms with Crippen molar-refractivity contribution < 1.29 is 37.3 Å². The molecule has 0 radical (unpaired) electrons. The third kappa shape index (κ3) is 5.39. The van der Waals surface area contributed by atoms with Crippen molar-refractivity contribution in [1.29, 1.82) is 0 Å². The number of carboxylic acid groups (broad SMARTS) is 1. The van der Waals surface area contributed by atoms with Crippen LogP contribution >= 0.6 is 0 Å². The molecule has 2 saturated heterocycles. The molecule has 1 spiro atoms. The summed E-state index contributed by atoms with van der Waals surface area (Å²) in [5.74, 6) is -0.716. The molecule has 202 valence electrons. The van der Waals surface area contributed by atoms with Crippen LogP contribution in [0.3, 0.4) is 0 Å². The number of aliphatic carboxylic acids is 1. The average molecular weight is 525 g/mol. The summed E-state index contributed by atoms with van der Waals surface area (Å²) in [5.41, 5.74) is 1.99. The van der Waals surface area contributed by atoms with Crippen LogP contribution in [0.2, 0.25) is 0 Å². The topological polar surface area (TPSA) is 97.1 Å². The Kier molecular flexibility index (Phi) is 7.40. The second-order valence-corrected chi connectivity index (χ2v) is 9.99. The van der Waals surface area contributed by atoms with Gasteiger partial charge in [0.25, 0.3) is 0 Å². The van der Waals surface area contributed by atoms with Crippen molar-refractivity contribution in [3.8, 4) is 11.5 Å². The SMILES string of the molecule is CC(C)n1nccc1[C@@H]1CN(Cc2ccc3c(c2)OCO3)C[C@]12CCCN(C)C2=O.O=C(O)C(F)(F)F. The Bertz CT molecular complexity index is 1150. The van der Waals surface area contributed by atoms with Gasteiger partial charge in [0.05, 0.1) is 5.41 Å². The summed E-state index contributed by atoms with van der Waals surface area (Å²) in [4.78, 5) is 26.8. The lowest BCUT2D eigenvalue weighted by Gasteiger charge is -2.41. The number of carbonyl (C=O) groups is 2. The minimum absolute atomic E-state index is 0.145. The highest BCUT2D eigenvalue weighted by atomic mass is 19.4. The van der Waals surface area contributed by atoms with E-state index in [9.17, 15) is 18.0 Å². The zero-order valence-corrected chi connectivity index (χ0v) is 21.0. The maximum absolute atomic E-state index is 13.5. The molecular formula is C25H31F3N4O5. The van der Waals surface area contributed by atoms with Gasteiger partial charge in [0.2, 0.25) is 12.7 Å². The number of fused-ring (bicyclic) bond motifs is 1. The number of halogens is 3. The van der Waals surface area contributed by atoms with Crippen LogP contribution in [0, 0.1) is 5.41 Å². The number of likely N-dealkylation sites (tertiary alicyclic amines) is 2. The van der Waals surface area contributed by atoms with E-state index in [-0.39, 0.29) is 30.1 Å². The van der Waals surface area contributed by atoms with Crippen LogP contribution in [0.4, 0.5) is 13.2 Å². The zero-order valence-electron chi connectivity index (χ0n) is 21.0. The van der Waals surface area contributed by atoms with Gasteiger partial charge >= 0.3 is 12.1 Å². The van der Waals surface area contributed by atoms with Gasteiger partial charge in [-0.2, -0.15) is 18.3 Å². The first-order chi connectivity index (χ1) is 17.4. The van der Waals surface area contributed by atoms with Crippen LogP contribution < -0.4 is 9.47 Å². The number of nitrogens with zero attached hydrogens (tertiary/aromatic N) is 4. The number of amides is 1. The van der Waals surface area contributed by atoms with E-state index in [0.29, 0.717) is 0 Å². The fraction of sp³-hybridized carbons (Fsp3) is 0.560. The Morgan fingerprint density at radius 3 is 2.62 bits per heavy atom. The van der Waals surface area contributed by atoms with E-state index < -0.39 is 12.1 Å². The van der Waals surface area contributed by atoms with Gasteiger partial charge in [-0.1, -0.05) is 6.07 Å². The quantitative estimate of drug-likeness (QED) is 0.652. The fourth-order valence-corrected chi connectivity index (χ4v) is 5.52. The smallest absolute Gasteiger partial charge is 0.475 e. The number of carbonyl (C=O) groups excluding carboxylic acids is 1. The Balaban J connectivity index is 0.000000405. The second kappa shape index (κ2) is 10.2. The molecule has 3 aliphatic rings. The molecule has 0 saturated carbocycles. The van der Waals surface area contributed by atoms with E-state index in [0.717, 1.165) is 50.5 Å². The molecule has 1 aromatic carbocycles. The number of ether oxygens (including phenoxy) is 2. The molecule has 0 bridgehead atoms. The van der Waals surface area contributed by atoms with Crippen molar-refractivity contribution in [1.82, 2.24) is 19.6 Å². The first-order valence-corrected chi connectivity index (χ1v) is 12.1. The first kappa shape index (κ1) is 26.8. The van der Waals surface area contributed by atoms with E-state index in [1.807, 2.05) is 24.2 Å². The first-order valence-electron chi connectivity index (χ1n) is 12.1. The van der Waals surface area contributed by atoms with E-state index >= 15 is 0 Å². The number of benzene rings is 1.